The molecule has 0 radical (unpaired) electrons. The summed E-state index contributed by atoms with van der Waals surface area (Å²) in [5.74, 6) is -1.73. The lowest BCUT2D eigenvalue weighted by molar-refractivity contribution is -0.384. The maximum Gasteiger partial charge on any atom is 0.270 e. The Kier molecular flexibility index (Phi) is 6.45. The number of nitro benzene ring substituents is 1. The van der Waals surface area contributed by atoms with Crippen LogP contribution in [0.3, 0.4) is 0 Å². The molecule has 0 amide bonds. The molecule has 0 bridgehead atoms. The first-order chi connectivity index (χ1) is 14.7. The second-order valence-corrected chi connectivity index (χ2v) is 9.55. The number of hydrogen-bond donors (Lipinski definition) is 0. The van der Waals surface area contributed by atoms with Crippen LogP contribution in [0.5, 0.6) is 0 Å². The smallest absolute Gasteiger partial charge is 0.270 e. The molecule has 11 heteroatoms. The standard InChI is InChI=1S/C20H18N4O5S2/c1-3-23(4-2)31(28,29)15-6-7-17(22-12-15)16(11-21)20(25)19-10-13-9-14(24(26)27)5-8-18(13)30-19/h5-10,12,16H,3-4H2,1-2H3/t16-/m1/s1. The highest BCUT2D eigenvalue weighted by atomic mass is 32.2. The van der Waals surface area contributed by atoms with E-state index in [1.165, 1.54) is 34.6 Å². The van der Waals surface area contributed by atoms with Gasteiger partial charge >= 0.3 is 0 Å². The molecule has 0 aliphatic carbocycles. The monoisotopic (exact) mass is 458 g/mol. The summed E-state index contributed by atoms with van der Waals surface area (Å²) in [6.07, 6.45) is 1.15. The Hall–Kier alpha value is -3.20. The van der Waals surface area contributed by atoms with Crippen molar-refractivity contribution in [2.75, 3.05) is 13.1 Å². The van der Waals surface area contributed by atoms with E-state index in [2.05, 4.69) is 4.98 Å². The van der Waals surface area contributed by atoms with Crippen molar-refractivity contribution in [3.63, 3.8) is 0 Å². The minimum atomic E-state index is -3.70. The Bertz CT molecular complexity index is 1290. The summed E-state index contributed by atoms with van der Waals surface area (Å²) in [5, 5.41) is 21.1. The first-order valence-corrected chi connectivity index (χ1v) is 11.6. The fraction of sp³-hybridized carbons (Fsp3) is 0.250. The number of nitrogens with zero attached hydrogens (tertiary/aromatic N) is 4. The highest BCUT2D eigenvalue weighted by molar-refractivity contribution is 7.89. The van der Waals surface area contributed by atoms with Crippen LogP contribution in [-0.2, 0) is 10.0 Å². The van der Waals surface area contributed by atoms with E-state index < -0.39 is 26.6 Å². The summed E-state index contributed by atoms with van der Waals surface area (Å²) in [6, 6.07) is 10.4. The van der Waals surface area contributed by atoms with Crippen LogP contribution in [0, 0.1) is 21.4 Å². The number of fused-ring (bicyclic) bond motifs is 1. The van der Waals surface area contributed by atoms with Gasteiger partial charge in [-0.15, -0.1) is 11.3 Å². The predicted octanol–water partition coefficient (Wildman–Crippen LogP) is 3.73. The van der Waals surface area contributed by atoms with Gasteiger partial charge in [-0.25, -0.2) is 8.42 Å². The molecule has 0 spiro atoms. The van der Waals surface area contributed by atoms with Crippen molar-refractivity contribution >= 4 is 42.9 Å². The number of hydrogen-bond acceptors (Lipinski definition) is 8. The number of benzene rings is 1. The van der Waals surface area contributed by atoms with Gasteiger partial charge in [0.25, 0.3) is 5.69 Å². The largest absolute Gasteiger partial charge is 0.291 e. The lowest BCUT2D eigenvalue weighted by Crippen LogP contribution is -2.30. The summed E-state index contributed by atoms with van der Waals surface area (Å²) < 4.78 is 27.1. The maximum absolute atomic E-state index is 12.9. The van der Waals surface area contributed by atoms with Crippen molar-refractivity contribution in [1.82, 2.24) is 9.29 Å². The summed E-state index contributed by atoms with van der Waals surface area (Å²) in [5.41, 5.74) is 0.0437. The minimum Gasteiger partial charge on any atom is -0.291 e. The molecule has 0 unspecified atom stereocenters. The van der Waals surface area contributed by atoms with Gasteiger partial charge in [0, 0.05) is 36.1 Å². The van der Waals surface area contributed by atoms with Crippen molar-refractivity contribution in [2.24, 2.45) is 0 Å². The van der Waals surface area contributed by atoms with Crippen LogP contribution in [0.15, 0.2) is 47.5 Å². The van der Waals surface area contributed by atoms with Crippen molar-refractivity contribution in [2.45, 2.75) is 24.7 Å². The molecule has 160 valence electrons. The number of nitriles is 1. The molecule has 31 heavy (non-hydrogen) atoms. The second-order valence-electron chi connectivity index (χ2n) is 6.52. The van der Waals surface area contributed by atoms with E-state index in [0.717, 1.165) is 17.5 Å². The first-order valence-electron chi connectivity index (χ1n) is 9.30. The molecular formula is C20H18N4O5S2. The fourth-order valence-corrected chi connectivity index (χ4v) is 5.51. The van der Waals surface area contributed by atoms with E-state index in [-0.39, 0.29) is 21.2 Å². The van der Waals surface area contributed by atoms with Crippen LogP contribution in [0.4, 0.5) is 5.69 Å². The quantitative estimate of drug-likeness (QED) is 0.285. The van der Waals surface area contributed by atoms with Crippen LogP contribution < -0.4 is 0 Å². The van der Waals surface area contributed by atoms with Gasteiger partial charge in [0.2, 0.25) is 10.0 Å². The third-order valence-corrected chi connectivity index (χ3v) is 7.91. The summed E-state index contributed by atoms with van der Waals surface area (Å²) in [4.78, 5) is 27.7. The van der Waals surface area contributed by atoms with Gasteiger partial charge in [0.05, 0.1) is 21.6 Å². The summed E-state index contributed by atoms with van der Waals surface area (Å²) in [6.45, 7) is 4.08. The van der Waals surface area contributed by atoms with Gasteiger partial charge in [-0.1, -0.05) is 13.8 Å². The van der Waals surface area contributed by atoms with E-state index in [1.54, 1.807) is 19.9 Å². The van der Waals surface area contributed by atoms with Crippen LogP contribution in [0.25, 0.3) is 10.1 Å². The number of sulfonamides is 1. The Morgan fingerprint density at radius 2 is 1.97 bits per heavy atom. The molecule has 1 aromatic carbocycles. The molecule has 0 saturated heterocycles. The third kappa shape index (κ3) is 4.32. The molecule has 2 heterocycles. The van der Waals surface area contributed by atoms with Crippen LogP contribution in [0.1, 0.15) is 35.1 Å². The number of pyridine rings is 1. The van der Waals surface area contributed by atoms with Gasteiger partial charge < -0.3 is 0 Å². The minimum absolute atomic E-state index is 0.0155. The number of non-ortho nitro benzene ring substituents is 1. The number of carbonyl (C=O) groups is 1. The first kappa shape index (κ1) is 22.5. The summed E-state index contributed by atoms with van der Waals surface area (Å²) in [7, 11) is -3.70. The molecule has 9 nitrogen and oxygen atoms in total. The van der Waals surface area contributed by atoms with E-state index >= 15 is 0 Å². The molecule has 0 saturated carbocycles. The zero-order chi connectivity index (χ0) is 22.8. The highest BCUT2D eigenvalue weighted by Gasteiger charge is 2.27. The zero-order valence-corrected chi connectivity index (χ0v) is 18.3. The number of Topliss-reactive ketones (excluding diaryl/α,β-unsaturated/α-hetero) is 1. The van der Waals surface area contributed by atoms with E-state index in [0.29, 0.717) is 23.2 Å². The maximum atomic E-state index is 12.9. The molecular weight excluding hydrogens is 440 g/mol. The number of nitro groups is 1. The van der Waals surface area contributed by atoms with Crippen LogP contribution in [0.2, 0.25) is 0 Å². The van der Waals surface area contributed by atoms with Crippen molar-refractivity contribution < 1.29 is 18.1 Å². The highest BCUT2D eigenvalue weighted by Crippen LogP contribution is 2.32. The Morgan fingerprint density at radius 1 is 1.26 bits per heavy atom. The van der Waals surface area contributed by atoms with Gasteiger partial charge in [-0.05, 0) is 29.7 Å². The molecule has 0 aliphatic heterocycles. The molecule has 1 atom stereocenters. The number of aromatic nitrogens is 1. The van der Waals surface area contributed by atoms with Gasteiger partial charge in [0.1, 0.15) is 4.90 Å². The average molecular weight is 459 g/mol. The normalized spacial score (nSPS) is 12.6. The molecule has 0 aliphatic rings. The number of thiophene rings is 1. The Morgan fingerprint density at radius 3 is 2.52 bits per heavy atom. The fourth-order valence-electron chi connectivity index (χ4n) is 3.09. The number of carbonyl (C=O) groups excluding carboxylic acids is 1. The Balaban J connectivity index is 1.92. The van der Waals surface area contributed by atoms with Crippen molar-refractivity contribution in [1.29, 1.82) is 5.26 Å². The van der Waals surface area contributed by atoms with E-state index in [9.17, 15) is 28.6 Å². The zero-order valence-electron chi connectivity index (χ0n) is 16.7. The molecule has 2 aromatic heterocycles. The lowest BCUT2D eigenvalue weighted by atomic mass is 10.00. The van der Waals surface area contributed by atoms with Crippen LogP contribution >= 0.6 is 11.3 Å². The third-order valence-electron chi connectivity index (χ3n) is 4.74. The molecule has 0 N–H and O–H groups in total. The van der Waals surface area contributed by atoms with E-state index in [1.807, 2.05) is 6.07 Å². The molecule has 3 aromatic rings. The lowest BCUT2D eigenvalue weighted by Gasteiger charge is -2.18. The predicted molar refractivity (Wildman–Crippen MR) is 116 cm³/mol. The van der Waals surface area contributed by atoms with Gasteiger partial charge in [-0.3, -0.25) is 19.9 Å². The Labute approximate surface area is 182 Å². The van der Waals surface area contributed by atoms with Crippen LogP contribution in [-0.4, -0.2) is 41.5 Å². The molecule has 0 fully saturated rings. The van der Waals surface area contributed by atoms with Crippen molar-refractivity contribution in [3.05, 3.63) is 63.3 Å². The summed E-state index contributed by atoms with van der Waals surface area (Å²) >= 11 is 1.13. The van der Waals surface area contributed by atoms with E-state index in [4.69, 9.17) is 0 Å². The second kappa shape index (κ2) is 8.89. The average Bonchev–Trinajstić information content (AvgIpc) is 3.18. The topological polar surface area (TPSA) is 134 Å². The van der Waals surface area contributed by atoms with Gasteiger partial charge in [0.15, 0.2) is 11.7 Å². The molecule has 3 rings (SSSR count). The SMILES string of the molecule is CCN(CC)S(=O)(=O)c1ccc([C@@H](C#N)C(=O)c2cc3cc([N+](=O)[O-])ccc3s2)nc1. The number of ketones is 1. The number of rotatable bonds is 8. The van der Waals surface area contributed by atoms with Crippen molar-refractivity contribution in [3.8, 4) is 6.07 Å². The van der Waals surface area contributed by atoms with Gasteiger partial charge in [-0.2, -0.15) is 9.57 Å².